The van der Waals surface area contributed by atoms with E-state index in [1.54, 1.807) is 6.26 Å². The molecular weight excluding hydrogens is 260 g/mol. The topological polar surface area (TPSA) is 28.4 Å². The molecule has 114 valence electrons. The molecule has 1 aromatic carbocycles. The average Bonchev–Trinajstić information content (AvgIpc) is 3.04. The number of hydrogen-bond acceptors (Lipinski definition) is 3. The van der Waals surface area contributed by atoms with E-state index in [1.807, 2.05) is 12.1 Å². The monoisotopic (exact) mass is 286 g/mol. The molecule has 2 aromatic rings. The number of furan rings is 1. The van der Waals surface area contributed by atoms with Gasteiger partial charge in [0.05, 0.1) is 12.8 Å². The van der Waals surface area contributed by atoms with Gasteiger partial charge in [-0.2, -0.15) is 0 Å². The Morgan fingerprint density at radius 3 is 2.52 bits per heavy atom. The average molecular weight is 286 g/mol. The number of nitrogens with one attached hydrogen (secondary N) is 1. The molecule has 0 amide bonds. The summed E-state index contributed by atoms with van der Waals surface area (Å²) < 4.78 is 5.45. The molecule has 0 fully saturated rings. The Morgan fingerprint density at radius 1 is 1.10 bits per heavy atom. The van der Waals surface area contributed by atoms with Crippen LogP contribution in [0.1, 0.15) is 37.6 Å². The molecule has 0 bridgehead atoms. The largest absolute Gasteiger partial charge is 0.468 e. The fraction of sp³-hybridized carbons (Fsp3) is 0.444. The van der Waals surface area contributed by atoms with E-state index in [0.29, 0.717) is 6.04 Å². The highest BCUT2D eigenvalue weighted by atomic mass is 16.3. The molecule has 1 heterocycles. The van der Waals surface area contributed by atoms with E-state index < -0.39 is 0 Å². The third-order valence-electron chi connectivity index (χ3n) is 3.79. The zero-order valence-corrected chi connectivity index (χ0v) is 13.1. The van der Waals surface area contributed by atoms with Crippen molar-refractivity contribution in [3.05, 3.63) is 60.1 Å². The van der Waals surface area contributed by atoms with Crippen LogP contribution in [0.2, 0.25) is 0 Å². The fourth-order valence-electron chi connectivity index (χ4n) is 2.60. The van der Waals surface area contributed by atoms with E-state index >= 15 is 0 Å². The first-order valence-electron chi connectivity index (χ1n) is 7.86. The lowest BCUT2D eigenvalue weighted by Gasteiger charge is -2.24. The van der Waals surface area contributed by atoms with Crippen molar-refractivity contribution in [2.45, 2.75) is 32.9 Å². The van der Waals surface area contributed by atoms with Crippen LogP contribution >= 0.6 is 0 Å². The minimum atomic E-state index is 0.418. The van der Waals surface area contributed by atoms with Crippen molar-refractivity contribution in [2.24, 2.45) is 0 Å². The Labute approximate surface area is 128 Å². The second kappa shape index (κ2) is 8.65. The molecule has 21 heavy (non-hydrogen) atoms. The molecule has 3 nitrogen and oxygen atoms in total. The van der Waals surface area contributed by atoms with Crippen molar-refractivity contribution in [2.75, 3.05) is 19.6 Å². The molecule has 1 N–H and O–H groups in total. The third kappa shape index (κ3) is 5.03. The minimum Gasteiger partial charge on any atom is -0.468 e. The molecule has 0 aliphatic heterocycles. The number of nitrogens with zero attached hydrogens (tertiary/aromatic N) is 1. The van der Waals surface area contributed by atoms with E-state index in [0.717, 1.165) is 38.4 Å². The SMILES string of the molecule is CCNC(CCN(CC)Cc1ccco1)c1ccccc1. The quantitative estimate of drug-likeness (QED) is 0.759. The Bertz CT molecular complexity index is 481. The summed E-state index contributed by atoms with van der Waals surface area (Å²) in [7, 11) is 0. The summed E-state index contributed by atoms with van der Waals surface area (Å²) in [6.45, 7) is 8.34. The molecule has 1 aromatic heterocycles. The molecule has 0 radical (unpaired) electrons. The standard InChI is InChI=1S/C18H26N2O/c1-3-19-18(16-9-6-5-7-10-16)12-13-20(4-2)15-17-11-8-14-21-17/h5-11,14,18-19H,3-4,12-13,15H2,1-2H3. The van der Waals surface area contributed by atoms with Crippen LogP contribution in [0.15, 0.2) is 53.1 Å². The lowest BCUT2D eigenvalue weighted by molar-refractivity contribution is 0.241. The van der Waals surface area contributed by atoms with Gasteiger partial charge < -0.3 is 9.73 Å². The van der Waals surface area contributed by atoms with Crippen LogP contribution in [0, 0.1) is 0 Å². The van der Waals surface area contributed by atoms with Crippen molar-refractivity contribution in [1.29, 1.82) is 0 Å². The van der Waals surface area contributed by atoms with Gasteiger partial charge in [0, 0.05) is 12.6 Å². The highest BCUT2D eigenvalue weighted by Crippen LogP contribution is 2.17. The van der Waals surface area contributed by atoms with Gasteiger partial charge in [0.15, 0.2) is 0 Å². The number of hydrogen-bond donors (Lipinski definition) is 1. The van der Waals surface area contributed by atoms with E-state index in [-0.39, 0.29) is 0 Å². The molecule has 3 heteroatoms. The van der Waals surface area contributed by atoms with E-state index in [4.69, 9.17) is 4.42 Å². The predicted octanol–water partition coefficient (Wildman–Crippen LogP) is 3.84. The van der Waals surface area contributed by atoms with Gasteiger partial charge in [0.1, 0.15) is 5.76 Å². The molecule has 0 saturated carbocycles. The van der Waals surface area contributed by atoms with Gasteiger partial charge in [-0.05, 0) is 37.2 Å². The molecule has 0 saturated heterocycles. The maximum Gasteiger partial charge on any atom is 0.117 e. The van der Waals surface area contributed by atoms with Gasteiger partial charge in [-0.1, -0.05) is 44.2 Å². The lowest BCUT2D eigenvalue weighted by Crippen LogP contribution is -2.29. The maximum absolute atomic E-state index is 5.45. The lowest BCUT2D eigenvalue weighted by atomic mass is 10.0. The number of benzene rings is 1. The molecule has 0 aliphatic carbocycles. The summed E-state index contributed by atoms with van der Waals surface area (Å²) in [6, 6.07) is 15.1. The molecule has 0 spiro atoms. The first-order chi connectivity index (χ1) is 10.3. The highest BCUT2D eigenvalue weighted by Gasteiger charge is 2.12. The van der Waals surface area contributed by atoms with Gasteiger partial charge in [-0.15, -0.1) is 0 Å². The van der Waals surface area contributed by atoms with Crippen molar-refractivity contribution < 1.29 is 4.42 Å². The van der Waals surface area contributed by atoms with Crippen LogP contribution in [0.5, 0.6) is 0 Å². The molecule has 2 rings (SSSR count). The van der Waals surface area contributed by atoms with Crippen molar-refractivity contribution in [3.8, 4) is 0 Å². The minimum absolute atomic E-state index is 0.418. The van der Waals surface area contributed by atoms with Crippen LogP contribution < -0.4 is 5.32 Å². The normalized spacial score (nSPS) is 12.7. The summed E-state index contributed by atoms with van der Waals surface area (Å²) in [5, 5.41) is 3.59. The third-order valence-corrected chi connectivity index (χ3v) is 3.79. The van der Waals surface area contributed by atoms with Crippen LogP contribution in [0.25, 0.3) is 0 Å². The predicted molar refractivity (Wildman–Crippen MR) is 87.1 cm³/mol. The summed E-state index contributed by atoms with van der Waals surface area (Å²) in [6.07, 6.45) is 2.85. The Hall–Kier alpha value is -1.58. The molecule has 0 aliphatic rings. The molecule has 1 atom stereocenters. The smallest absolute Gasteiger partial charge is 0.117 e. The summed E-state index contributed by atoms with van der Waals surface area (Å²) in [5.41, 5.74) is 1.37. The van der Waals surface area contributed by atoms with Crippen molar-refractivity contribution in [3.63, 3.8) is 0 Å². The zero-order valence-electron chi connectivity index (χ0n) is 13.1. The van der Waals surface area contributed by atoms with Gasteiger partial charge in [-0.25, -0.2) is 0 Å². The second-order valence-electron chi connectivity index (χ2n) is 5.26. The Morgan fingerprint density at radius 2 is 1.90 bits per heavy atom. The number of rotatable bonds is 9. The molecular formula is C18H26N2O. The van der Waals surface area contributed by atoms with Crippen LogP contribution in [0.4, 0.5) is 0 Å². The zero-order chi connectivity index (χ0) is 14.9. The molecule has 1 unspecified atom stereocenters. The van der Waals surface area contributed by atoms with Crippen molar-refractivity contribution >= 4 is 0 Å². The Balaban J connectivity index is 1.90. The Kier molecular flexibility index (Phi) is 6.51. The van der Waals surface area contributed by atoms with Crippen LogP contribution in [-0.4, -0.2) is 24.5 Å². The highest BCUT2D eigenvalue weighted by molar-refractivity contribution is 5.18. The summed E-state index contributed by atoms with van der Waals surface area (Å²) in [4.78, 5) is 2.42. The first kappa shape index (κ1) is 15.8. The van der Waals surface area contributed by atoms with Crippen LogP contribution in [0.3, 0.4) is 0 Å². The second-order valence-corrected chi connectivity index (χ2v) is 5.26. The van der Waals surface area contributed by atoms with Gasteiger partial charge >= 0.3 is 0 Å². The van der Waals surface area contributed by atoms with E-state index in [2.05, 4.69) is 54.4 Å². The maximum atomic E-state index is 5.45. The van der Waals surface area contributed by atoms with E-state index in [9.17, 15) is 0 Å². The summed E-state index contributed by atoms with van der Waals surface area (Å²) in [5.74, 6) is 1.04. The van der Waals surface area contributed by atoms with Crippen molar-refractivity contribution in [1.82, 2.24) is 10.2 Å². The first-order valence-corrected chi connectivity index (χ1v) is 7.86. The fourth-order valence-corrected chi connectivity index (χ4v) is 2.60. The van der Waals surface area contributed by atoms with E-state index in [1.165, 1.54) is 5.56 Å². The van der Waals surface area contributed by atoms with Gasteiger partial charge in [0.2, 0.25) is 0 Å². The van der Waals surface area contributed by atoms with Gasteiger partial charge in [-0.3, -0.25) is 4.90 Å². The van der Waals surface area contributed by atoms with Crippen LogP contribution in [-0.2, 0) is 6.54 Å². The van der Waals surface area contributed by atoms with Gasteiger partial charge in [0.25, 0.3) is 0 Å². The summed E-state index contributed by atoms with van der Waals surface area (Å²) >= 11 is 0.